The van der Waals surface area contributed by atoms with Gasteiger partial charge in [-0.3, -0.25) is 9.59 Å². The number of carbonyl (C=O) groups excluding carboxylic acids is 2. The van der Waals surface area contributed by atoms with Crippen LogP contribution >= 0.6 is 11.6 Å². The maximum Gasteiger partial charge on any atom is 0.306 e. The molecule has 3 aromatic rings. The van der Waals surface area contributed by atoms with Crippen molar-refractivity contribution in [1.82, 2.24) is 14.9 Å². The van der Waals surface area contributed by atoms with Crippen LogP contribution in [0.15, 0.2) is 49.3 Å². The van der Waals surface area contributed by atoms with Gasteiger partial charge in [-0.2, -0.15) is 0 Å². The third-order valence-corrected chi connectivity index (χ3v) is 7.86. The quantitative estimate of drug-likeness (QED) is 0.199. The van der Waals surface area contributed by atoms with Crippen LogP contribution in [0.5, 0.6) is 5.75 Å². The van der Waals surface area contributed by atoms with Gasteiger partial charge in [0.05, 0.1) is 35.9 Å². The van der Waals surface area contributed by atoms with Crippen LogP contribution in [0.4, 0.5) is 21.6 Å². The average molecular weight is 568 g/mol. The molecule has 0 radical (unpaired) electrons. The average Bonchev–Trinajstić information content (AvgIpc) is 2.94. The number of piperidine rings is 1. The topological polar surface area (TPSA) is 106 Å². The summed E-state index contributed by atoms with van der Waals surface area (Å²) in [7, 11) is 0. The lowest BCUT2D eigenvalue weighted by molar-refractivity contribution is -0.155. The summed E-state index contributed by atoms with van der Waals surface area (Å²) in [6.07, 6.45) is 6.89. The van der Waals surface area contributed by atoms with Gasteiger partial charge in [0.1, 0.15) is 23.7 Å². The van der Waals surface area contributed by atoms with Crippen LogP contribution < -0.4 is 15.4 Å². The first-order chi connectivity index (χ1) is 19.3. The number of ether oxygens (including phenoxy) is 2. The van der Waals surface area contributed by atoms with Crippen molar-refractivity contribution in [3.8, 4) is 5.75 Å². The molecule has 2 N–H and O–H groups in total. The molecule has 0 unspecified atom stereocenters. The van der Waals surface area contributed by atoms with Crippen LogP contribution in [0.2, 0.25) is 5.02 Å². The molecule has 11 heteroatoms. The Balaban J connectivity index is 1.25. The largest absolute Gasteiger partial charge is 0.491 e. The Morgan fingerprint density at radius 1 is 1.23 bits per heavy atom. The molecule has 9 nitrogen and oxygen atoms in total. The first-order valence-electron chi connectivity index (χ1n) is 13.3. The SMILES string of the molecule is C=CC(=O)Nc1cc2c(Nc3ccc(F)c(Cl)c3)ncnc2cc1OCCCN1CCC2(CCOC(=O)C2)CC1. The monoisotopic (exact) mass is 567 g/mol. The maximum atomic E-state index is 13.6. The second kappa shape index (κ2) is 12.2. The minimum Gasteiger partial charge on any atom is -0.491 e. The Bertz CT molecular complexity index is 1430. The summed E-state index contributed by atoms with van der Waals surface area (Å²) in [4.78, 5) is 35.1. The number of carbonyl (C=O) groups is 2. The number of fused-ring (bicyclic) bond motifs is 1. The van der Waals surface area contributed by atoms with E-state index in [-0.39, 0.29) is 22.3 Å². The van der Waals surface area contributed by atoms with E-state index in [1.54, 1.807) is 18.2 Å². The van der Waals surface area contributed by atoms with Crippen LogP contribution in [0.25, 0.3) is 10.9 Å². The van der Waals surface area contributed by atoms with Crippen molar-refractivity contribution in [2.24, 2.45) is 5.41 Å². The van der Waals surface area contributed by atoms with Crippen LogP contribution in [0, 0.1) is 11.2 Å². The van der Waals surface area contributed by atoms with Gasteiger partial charge in [-0.1, -0.05) is 18.2 Å². The highest BCUT2D eigenvalue weighted by molar-refractivity contribution is 6.31. The number of esters is 1. The van der Waals surface area contributed by atoms with E-state index in [9.17, 15) is 14.0 Å². The van der Waals surface area contributed by atoms with Gasteiger partial charge in [-0.15, -0.1) is 0 Å². The molecule has 1 aromatic heterocycles. The number of cyclic esters (lactones) is 1. The molecule has 0 aliphatic carbocycles. The van der Waals surface area contributed by atoms with Gasteiger partial charge < -0.3 is 25.0 Å². The van der Waals surface area contributed by atoms with E-state index in [2.05, 4.69) is 32.1 Å². The molecule has 40 heavy (non-hydrogen) atoms. The summed E-state index contributed by atoms with van der Waals surface area (Å²) in [6, 6.07) is 7.78. The molecule has 1 amide bonds. The third kappa shape index (κ3) is 6.51. The number of hydrogen-bond donors (Lipinski definition) is 2. The first kappa shape index (κ1) is 27.8. The van der Waals surface area contributed by atoms with E-state index in [4.69, 9.17) is 21.1 Å². The minimum absolute atomic E-state index is 0.0132. The second-order valence-electron chi connectivity index (χ2n) is 10.2. The Labute approximate surface area is 236 Å². The summed E-state index contributed by atoms with van der Waals surface area (Å²) in [5.41, 5.74) is 1.71. The van der Waals surface area contributed by atoms with Crippen LogP contribution in [0.1, 0.15) is 32.1 Å². The van der Waals surface area contributed by atoms with Crippen molar-refractivity contribution in [3.05, 3.63) is 60.2 Å². The molecule has 0 atom stereocenters. The molecule has 2 fully saturated rings. The molecule has 2 aromatic carbocycles. The van der Waals surface area contributed by atoms with Gasteiger partial charge in [-0.25, -0.2) is 14.4 Å². The van der Waals surface area contributed by atoms with Crippen molar-refractivity contribution in [2.45, 2.75) is 32.1 Å². The van der Waals surface area contributed by atoms with Gasteiger partial charge in [0, 0.05) is 23.7 Å². The lowest BCUT2D eigenvalue weighted by Crippen LogP contribution is -2.44. The molecular formula is C29H31ClFN5O4. The number of halogens is 2. The van der Waals surface area contributed by atoms with E-state index < -0.39 is 5.82 Å². The van der Waals surface area contributed by atoms with Crippen molar-refractivity contribution in [2.75, 3.05) is 43.5 Å². The fourth-order valence-electron chi connectivity index (χ4n) is 5.27. The number of likely N-dealkylation sites (tertiary alicyclic amines) is 1. The van der Waals surface area contributed by atoms with Gasteiger partial charge >= 0.3 is 5.97 Å². The van der Waals surface area contributed by atoms with E-state index in [0.717, 1.165) is 45.3 Å². The summed E-state index contributed by atoms with van der Waals surface area (Å²) in [5.74, 6) is -0.0283. The molecule has 2 saturated heterocycles. The summed E-state index contributed by atoms with van der Waals surface area (Å²) in [6.45, 7) is 7.30. The Hall–Kier alpha value is -3.76. The summed E-state index contributed by atoms with van der Waals surface area (Å²) in [5, 5.41) is 6.55. The zero-order valence-electron chi connectivity index (χ0n) is 22.1. The molecule has 210 valence electrons. The Morgan fingerprint density at radius 3 is 2.80 bits per heavy atom. The first-order valence-corrected chi connectivity index (χ1v) is 13.7. The van der Waals surface area contributed by atoms with Crippen LogP contribution in [0.3, 0.4) is 0 Å². The van der Waals surface area contributed by atoms with Gasteiger partial charge in [0.25, 0.3) is 0 Å². The van der Waals surface area contributed by atoms with Gasteiger partial charge in [-0.05, 0) is 74.5 Å². The predicted octanol–water partition coefficient (Wildman–Crippen LogP) is 5.48. The van der Waals surface area contributed by atoms with Crippen LogP contribution in [-0.4, -0.2) is 59.6 Å². The fourth-order valence-corrected chi connectivity index (χ4v) is 5.45. The molecule has 2 aliphatic rings. The van der Waals surface area contributed by atoms with Crippen LogP contribution in [-0.2, 0) is 14.3 Å². The number of amides is 1. The molecule has 0 bridgehead atoms. The molecule has 0 saturated carbocycles. The Morgan fingerprint density at radius 2 is 2.05 bits per heavy atom. The van der Waals surface area contributed by atoms with Gasteiger partial charge in [0.15, 0.2) is 0 Å². The number of rotatable bonds is 9. The molecule has 5 rings (SSSR count). The van der Waals surface area contributed by atoms with E-state index >= 15 is 0 Å². The zero-order valence-corrected chi connectivity index (χ0v) is 22.8. The molecule has 3 heterocycles. The number of benzene rings is 2. The lowest BCUT2D eigenvalue weighted by Gasteiger charge is -2.43. The van der Waals surface area contributed by atoms with Gasteiger partial charge in [0.2, 0.25) is 5.91 Å². The minimum atomic E-state index is -0.518. The Kier molecular flexibility index (Phi) is 8.46. The number of hydrogen-bond acceptors (Lipinski definition) is 8. The fraction of sp³-hybridized carbons (Fsp3) is 0.379. The van der Waals surface area contributed by atoms with Crippen molar-refractivity contribution in [1.29, 1.82) is 0 Å². The zero-order chi connectivity index (χ0) is 28.1. The highest BCUT2D eigenvalue weighted by atomic mass is 35.5. The van der Waals surface area contributed by atoms with Crippen molar-refractivity contribution < 1.29 is 23.5 Å². The highest BCUT2D eigenvalue weighted by Crippen LogP contribution is 2.41. The standard InChI is InChI=1S/C29H31ClFN5O4/c1-2-26(37)35-24-15-20-23(32-18-33-28(20)34-19-4-5-22(31)21(30)14-19)16-25(24)39-12-3-9-36-10-6-29(7-11-36)8-13-40-27(38)17-29/h2,4-5,14-16,18H,1,3,6-13,17H2,(H,35,37)(H,32,33,34). The highest BCUT2D eigenvalue weighted by Gasteiger charge is 2.39. The normalized spacial score (nSPS) is 16.9. The predicted molar refractivity (Wildman–Crippen MR) is 151 cm³/mol. The summed E-state index contributed by atoms with van der Waals surface area (Å²) >= 11 is 5.93. The lowest BCUT2D eigenvalue weighted by atomic mass is 9.72. The summed E-state index contributed by atoms with van der Waals surface area (Å²) < 4.78 is 24.8. The van der Waals surface area contributed by atoms with Crippen molar-refractivity contribution >= 4 is 51.6 Å². The van der Waals surface area contributed by atoms with E-state index in [1.165, 1.54) is 24.5 Å². The number of nitrogens with zero attached hydrogens (tertiary/aromatic N) is 3. The molecular weight excluding hydrogens is 537 g/mol. The third-order valence-electron chi connectivity index (χ3n) is 7.57. The number of anilines is 3. The molecule has 1 spiro atoms. The molecule has 2 aliphatic heterocycles. The smallest absolute Gasteiger partial charge is 0.306 e. The van der Waals surface area contributed by atoms with E-state index in [1.807, 2.05) is 0 Å². The van der Waals surface area contributed by atoms with E-state index in [0.29, 0.717) is 53.5 Å². The number of aromatic nitrogens is 2. The maximum absolute atomic E-state index is 13.6. The number of nitrogens with one attached hydrogen (secondary N) is 2. The second-order valence-corrected chi connectivity index (χ2v) is 10.6. The van der Waals surface area contributed by atoms with Crippen molar-refractivity contribution in [3.63, 3.8) is 0 Å².